The number of rotatable bonds is 7. The molecule has 4 aromatic rings. The smallest absolute Gasteiger partial charge is 0.178 e. The van der Waals surface area contributed by atoms with Crippen molar-refractivity contribution in [1.82, 2.24) is 25.1 Å². The van der Waals surface area contributed by atoms with E-state index in [2.05, 4.69) is 58.7 Å². The van der Waals surface area contributed by atoms with Gasteiger partial charge in [-0.3, -0.25) is 4.90 Å². The minimum Gasteiger partial charge on any atom is -0.496 e. The summed E-state index contributed by atoms with van der Waals surface area (Å²) in [6.07, 6.45) is 0. The van der Waals surface area contributed by atoms with Crippen LogP contribution in [0.25, 0.3) is 5.69 Å². The van der Waals surface area contributed by atoms with E-state index in [1.807, 2.05) is 59.3 Å². The van der Waals surface area contributed by atoms with Gasteiger partial charge in [0.25, 0.3) is 0 Å². The van der Waals surface area contributed by atoms with Crippen molar-refractivity contribution in [3.05, 3.63) is 101 Å². The van der Waals surface area contributed by atoms with Crippen molar-refractivity contribution in [2.45, 2.75) is 19.5 Å². The summed E-state index contributed by atoms with van der Waals surface area (Å²) in [6.45, 7) is 2.75. The second-order valence-electron chi connectivity index (χ2n) is 7.28. The minimum atomic E-state index is -0.134. The molecule has 0 N–H and O–H groups in total. The molecular formula is C24H25N5O. The van der Waals surface area contributed by atoms with Gasteiger partial charge < -0.3 is 4.74 Å². The molecule has 0 aliphatic heterocycles. The molecule has 6 nitrogen and oxygen atoms in total. The van der Waals surface area contributed by atoms with Gasteiger partial charge in [0.05, 0.1) is 18.8 Å². The van der Waals surface area contributed by atoms with Gasteiger partial charge in [-0.05, 0) is 47.7 Å². The van der Waals surface area contributed by atoms with Crippen LogP contribution in [0.5, 0.6) is 5.75 Å². The minimum absolute atomic E-state index is 0.134. The summed E-state index contributed by atoms with van der Waals surface area (Å²) >= 11 is 0. The Kier molecular flexibility index (Phi) is 5.86. The number of aromatic nitrogens is 4. The first-order valence-corrected chi connectivity index (χ1v) is 9.90. The Balaban J connectivity index is 1.78. The molecule has 0 fully saturated rings. The van der Waals surface area contributed by atoms with Crippen molar-refractivity contribution in [1.29, 1.82) is 0 Å². The third kappa shape index (κ3) is 3.95. The van der Waals surface area contributed by atoms with E-state index in [1.54, 1.807) is 7.11 Å². The largest absolute Gasteiger partial charge is 0.496 e. The highest BCUT2D eigenvalue weighted by molar-refractivity contribution is 5.41. The van der Waals surface area contributed by atoms with Gasteiger partial charge in [0.2, 0.25) is 0 Å². The molecule has 0 unspecified atom stereocenters. The molecule has 0 saturated carbocycles. The van der Waals surface area contributed by atoms with Gasteiger partial charge >= 0.3 is 0 Å². The van der Waals surface area contributed by atoms with Crippen LogP contribution >= 0.6 is 0 Å². The summed E-state index contributed by atoms with van der Waals surface area (Å²) in [4.78, 5) is 2.24. The van der Waals surface area contributed by atoms with E-state index in [-0.39, 0.29) is 6.04 Å². The quantitative estimate of drug-likeness (QED) is 0.466. The van der Waals surface area contributed by atoms with Crippen LogP contribution in [0.2, 0.25) is 0 Å². The average molecular weight is 399 g/mol. The second-order valence-corrected chi connectivity index (χ2v) is 7.28. The Bertz CT molecular complexity index is 1110. The van der Waals surface area contributed by atoms with Crippen molar-refractivity contribution < 1.29 is 4.74 Å². The van der Waals surface area contributed by atoms with Crippen LogP contribution in [0, 0.1) is 6.92 Å². The normalized spacial score (nSPS) is 12.1. The van der Waals surface area contributed by atoms with Crippen LogP contribution in [0.3, 0.4) is 0 Å². The number of para-hydroxylation sites is 2. The Morgan fingerprint density at radius 3 is 2.40 bits per heavy atom. The first-order valence-electron chi connectivity index (χ1n) is 9.90. The Labute approximate surface area is 176 Å². The maximum atomic E-state index is 5.56. The van der Waals surface area contributed by atoms with Crippen LogP contribution in [0.4, 0.5) is 0 Å². The van der Waals surface area contributed by atoms with E-state index in [0.29, 0.717) is 6.54 Å². The monoisotopic (exact) mass is 399 g/mol. The molecule has 0 bridgehead atoms. The molecule has 6 heteroatoms. The molecule has 0 aliphatic rings. The maximum Gasteiger partial charge on any atom is 0.178 e. The molecule has 0 amide bonds. The average Bonchev–Trinajstić information content (AvgIpc) is 3.24. The highest BCUT2D eigenvalue weighted by Crippen LogP contribution is 2.30. The van der Waals surface area contributed by atoms with Crippen molar-refractivity contribution in [3.8, 4) is 11.4 Å². The predicted octanol–water partition coefficient (Wildman–Crippen LogP) is 4.20. The summed E-state index contributed by atoms with van der Waals surface area (Å²) in [7, 11) is 3.78. The summed E-state index contributed by atoms with van der Waals surface area (Å²) in [5.74, 6) is 1.64. The number of tetrazole rings is 1. The highest BCUT2D eigenvalue weighted by Gasteiger charge is 2.27. The van der Waals surface area contributed by atoms with Crippen molar-refractivity contribution >= 4 is 0 Å². The fourth-order valence-corrected chi connectivity index (χ4v) is 3.77. The van der Waals surface area contributed by atoms with Gasteiger partial charge in [0.1, 0.15) is 5.75 Å². The molecule has 152 valence electrons. The maximum absolute atomic E-state index is 5.56. The number of methoxy groups -OCH3 is 1. The molecule has 30 heavy (non-hydrogen) atoms. The molecule has 1 aromatic heterocycles. The number of nitrogens with zero attached hydrogens (tertiary/aromatic N) is 5. The van der Waals surface area contributed by atoms with Crippen LogP contribution in [-0.4, -0.2) is 39.3 Å². The standard InChI is InChI=1S/C24H25N5O/c1-18-11-7-9-15-21(18)29-24(25-26-27-29)23(19-12-5-4-6-13-19)28(2)17-20-14-8-10-16-22(20)30-3/h4-16,23H,17H2,1-3H3/t23-/m0/s1. The molecule has 0 radical (unpaired) electrons. The highest BCUT2D eigenvalue weighted by atomic mass is 16.5. The zero-order chi connectivity index (χ0) is 20.9. The van der Waals surface area contributed by atoms with Crippen LogP contribution < -0.4 is 4.74 Å². The van der Waals surface area contributed by atoms with E-state index < -0.39 is 0 Å². The van der Waals surface area contributed by atoms with Gasteiger partial charge in [0, 0.05) is 12.1 Å². The van der Waals surface area contributed by atoms with E-state index in [9.17, 15) is 0 Å². The van der Waals surface area contributed by atoms with E-state index in [4.69, 9.17) is 4.74 Å². The van der Waals surface area contributed by atoms with Crippen molar-refractivity contribution in [2.24, 2.45) is 0 Å². The van der Waals surface area contributed by atoms with E-state index in [1.165, 1.54) is 0 Å². The van der Waals surface area contributed by atoms with E-state index >= 15 is 0 Å². The SMILES string of the molecule is COc1ccccc1CN(C)[C@@H](c1ccccc1)c1nnnn1-c1ccccc1C. The first-order chi connectivity index (χ1) is 14.7. The van der Waals surface area contributed by atoms with Crippen molar-refractivity contribution in [3.63, 3.8) is 0 Å². The summed E-state index contributed by atoms with van der Waals surface area (Å²) < 4.78 is 7.40. The predicted molar refractivity (Wildman–Crippen MR) is 117 cm³/mol. The molecule has 1 heterocycles. The van der Waals surface area contributed by atoms with Gasteiger partial charge in [-0.15, -0.1) is 5.10 Å². The summed E-state index contributed by atoms with van der Waals surface area (Å²) in [5, 5.41) is 12.8. The molecule has 0 saturated heterocycles. The van der Waals surface area contributed by atoms with Gasteiger partial charge in [-0.25, -0.2) is 0 Å². The zero-order valence-electron chi connectivity index (χ0n) is 17.4. The zero-order valence-corrected chi connectivity index (χ0v) is 17.4. The van der Waals surface area contributed by atoms with Crippen LogP contribution in [0.1, 0.15) is 28.6 Å². The van der Waals surface area contributed by atoms with Gasteiger partial charge in [0.15, 0.2) is 5.82 Å². The number of ether oxygens (including phenoxy) is 1. The molecule has 0 spiro atoms. The lowest BCUT2D eigenvalue weighted by molar-refractivity contribution is 0.254. The number of benzene rings is 3. The Morgan fingerprint density at radius 2 is 1.63 bits per heavy atom. The lowest BCUT2D eigenvalue weighted by Gasteiger charge is -2.28. The molecule has 3 aromatic carbocycles. The topological polar surface area (TPSA) is 56.1 Å². The number of hydrogen-bond donors (Lipinski definition) is 0. The number of hydrogen-bond acceptors (Lipinski definition) is 5. The molecule has 1 atom stereocenters. The fraction of sp³-hybridized carbons (Fsp3) is 0.208. The first kappa shape index (κ1) is 19.8. The molecule has 0 aliphatic carbocycles. The molecule has 4 rings (SSSR count). The lowest BCUT2D eigenvalue weighted by atomic mass is 10.0. The summed E-state index contributed by atoms with van der Waals surface area (Å²) in [5.41, 5.74) is 4.33. The summed E-state index contributed by atoms with van der Waals surface area (Å²) in [6, 6.07) is 26.4. The molecular weight excluding hydrogens is 374 g/mol. The van der Waals surface area contributed by atoms with Gasteiger partial charge in [-0.1, -0.05) is 66.7 Å². The Hall–Kier alpha value is -3.51. The third-order valence-corrected chi connectivity index (χ3v) is 5.25. The van der Waals surface area contributed by atoms with Crippen LogP contribution in [-0.2, 0) is 6.54 Å². The number of aryl methyl sites for hydroxylation is 1. The fourth-order valence-electron chi connectivity index (χ4n) is 3.77. The van der Waals surface area contributed by atoms with E-state index in [0.717, 1.165) is 34.0 Å². The lowest BCUT2D eigenvalue weighted by Crippen LogP contribution is -2.28. The second kappa shape index (κ2) is 8.88. The van der Waals surface area contributed by atoms with Crippen LogP contribution in [0.15, 0.2) is 78.9 Å². The van der Waals surface area contributed by atoms with Gasteiger partial charge in [-0.2, -0.15) is 4.68 Å². The third-order valence-electron chi connectivity index (χ3n) is 5.25. The van der Waals surface area contributed by atoms with Crippen molar-refractivity contribution in [2.75, 3.05) is 14.2 Å². The Morgan fingerprint density at radius 1 is 0.933 bits per heavy atom.